The van der Waals surface area contributed by atoms with E-state index >= 15 is 0 Å². The molecule has 7 heteroatoms. The molecule has 2 rings (SSSR count). The monoisotopic (exact) mass is 371 g/mol. The van der Waals surface area contributed by atoms with Crippen molar-refractivity contribution in [3.63, 3.8) is 0 Å². The molecule has 0 radical (unpaired) electrons. The zero-order valence-corrected chi connectivity index (χ0v) is 16.3. The van der Waals surface area contributed by atoms with Crippen molar-refractivity contribution in [3.8, 4) is 0 Å². The van der Waals surface area contributed by atoms with Gasteiger partial charge in [-0.1, -0.05) is 0 Å². The van der Waals surface area contributed by atoms with Crippen molar-refractivity contribution >= 4 is 23.5 Å². The lowest BCUT2D eigenvalue weighted by Gasteiger charge is -2.11. The summed E-state index contributed by atoms with van der Waals surface area (Å²) in [5, 5.41) is 2.64. The number of aryl methyl sites for hydroxylation is 1. The third-order valence-electron chi connectivity index (χ3n) is 4.27. The second-order valence-electron chi connectivity index (χ2n) is 6.43. The van der Waals surface area contributed by atoms with E-state index in [1.807, 2.05) is 25.3 Å². The Kier molecular flexibility index (Phi) is 6.39. The number of anilines is 1. The summed E-state index contributed by atoms with van der Waals surface area (Å²) < 4.78 is 7.13. The predicted molar refractivity (Wildman–Crippen MR) is 103 cm³/mol. The number of carbonyl (C=O) groups is 3. The Morgan fingerprint density at radius 2 is 1.74 bits per heavy atom. The van der Waals surface area contributed by atoms with Gasteiger partial charge in [-0.3, -0.25) is 9.59 Å². The van der Waals surface area contributed by atoms with Gasteiger partial charge < -0.3 is 19.5 Å². The molecule has 27 heavy (non-hydrogen) atoms. The molecule has 0 spiro atoms. The number of benzene rings is 1. The van der Waals surface area contributed by atoms with Gasteiger partial charge in [0.15, 0.2) is 6.61 Å². The number of ether oxygens (including phenoxy) is 1. The minimum atomic E-state index is -0.523. The van der Waals surface area contributed by atoms with Crippen LogP contribution >= 0.6 is 0 Å². The first-order chi connectivity index (χ1) is 12.7. The van der Waals surface area contributed by atoms with Crippen molar-refractivity contribution in [2.45, 2.75) is 27.3 Å². The van der Waals surface area contributed by atoms with Crippen LogP contribution in [0.5, 0.6) is 0 Å². The maximum atomic E-state index is 12.2. The predicted octanol–water partition coefficient (Wildman–Crippen LogP) is 2.62. The Hall–Kier alpha value is -3.09. The van der Waals surface area contributed by atoms with Gasteiger partial charge in [0, 0.05) is 43.3 Å². The lowest BCUT2D eigenvalue weighted by molar-refractivity contribution is -0.119. The van der Waals surface area contributed by atoms with Crippen molar-refractivity contribution in [2.24, 2.45) is 0 Å². The molecule has 0 aliphatic carbocycles. The summed E-state index contributed by atoms with van der Waals surface area (Å²) in [6.45, 7) is 6.15. The summed E-state index contributed by atoms with van der Waals surface area (Å²) in [4.78, 5) is 37.6. The molecule has 0 aliphatic heterocycles. The summed E-state index contributed by atoms with van der Waals surface area (Å²) in [6.07, 6.45) is 0. The van der Waals surface area contributed by atoms with Gasteiger partial charge in [0.25, 0.3) is 11.8 Å². The van der Waals surface area contributed by atoms with Gasteiger partial charge in [-0.05, 0) is 51.1 Å². The Balaban J connectivity index is 1.93. The number of hydrogen-bond acceptors (Lipinski definition) is 4. The maximum Gasteiger partial charge on any atom is 0.340 e. The van der Waals surface area contributed by atoms with Crippen molar-refractivity contribution < 1.29 is 19.1 Å². The van der Waals surface area contributed by atoms with Crippen molar-refractivity contribution in [1.82, 2.24) is 9.47 Å². The van der Waals surface area contributed by atoms with Crippen molar-refractivity contribution in [3.05, 3.63) is 52.8 Å². The van der Waals surface area contributed by atoms with Crippen molar-refractivity contribution in [1.29, 1.82) is 0 Å². The molecule has 0 fully saturated rings. The van der Waals surface area contributed by atoms with Crippen LogP contribution in [-0.4, -0.2) is 48.0 Å². The second-order valence-corrected chi connectivity index (χ2v) is 6.43. The lowest BCUT2D eigenvalue weighted by atomic mass is 10.2. The minimum absolute atomic E-state index is 0.119. The van der Waals surface area contributed by atoms with E-state index in [9.17, 15) is 14.4 Å². The first-order valence-corrected chi connectivity index (χ1v) is 8.70. The topological polar surface area (TPSA) is 80.6 Å². The van der Waals surface area contributed by atoms with Gasteiger partial charge in [-0.2, -0.15) is 0 Å². The fourth-order valence-electron chi connectivity index (χ4n) is 2.85. The highest BCUT2D eigenvalue weighted by Crippen LogP contribution is 2.16. The summed E-state index contributed by atoms with van der Waals surface area (Å²) in [6, 6.07) is 8.28. The second kappa shape index (κ2) is 8.53. The average Bonchev–Trinajstić information content (AvgIpc) is 2.93. The van der Waals surface area contributed by atoms with E-state index in [0.717, 1.165) is 17.9 Å². The van der Waals surface area contributed by atoms with Crippen LogP contribution in [0.25, 0.3) is 0 Å². The molecular weight excluding hydrogens is 346 g/mol. The molecule has 0 aliphatic rings. The molecule has 1 aromatic heterocycles. The van der Waals surface area contributed by atoms with Crippen LogP contribution in [0.4, 0.5) is 5.69 Å². The molecular formula is C20H25N3O4. The van der Waals surface area contributed by atoms with Crippen molar-refractivity contribution in [2.75, 3.05) is 26.0 Å². The Bertz CT molecular complexity index is 851. The Morgan fingerprint density at radius 3 is 2.26 bits per heavy atom. The molecule has 1 heterocycles. The highest BCUT2D eigenvalue weighted by atomic mass is 16.5. The zero-order chi connectivity index (χ0) is 20.1. The average molecular weight is 371 g/mol. The van der Waals surface area contributed by atoms with Gasteiger partial charge in [0.2, 0.25) is 0 Å². The molecule has 7 nitrogen and oxygen atoms in total. The molecule has 2 amide bonds. The third-order valence-corrected chi connectivity index (χ3v) is 4.27. The fraction of sp³-hybridized carbons (Fsp3) is 0.350. The van der Waals surface area contributed by atoms with Gasteiger partial charge in [-0.15, -0.1) is 0 Å². The normalized spacial score (nSPS) is 10.4. The lowest BCUT2D eigenvalue weighted by Crippen LogP contribution is -2.22. The molecule has 0 saturated heterocycles. The number of esters is 1. The van der Waals surface area contributed by atoms with E-state index in [1.54, 1.807) is 44.4 Å². The van der Waals surface area contributed by atoms with Gasteiger partial charge >= 0.3 is 5.97 Å². The number of nitrogens with zero attached hydrogens (tertiary/aromatic N) is 2. The van der Waals surface area contributed by atoms with E-state index in [1.165, 1.54) is 4.90 Å². The van der Waals surface area contributed by atoms with E-state index in [2.05, 4.69) is 5.32 Å². The van der Waals surface area contributed by atoms with E-state index in [-0.39, 0.29) is 12.5 Å². The molecule has 0 bridgehead atoms. The van der Waals surface area contributed by atoms with Crippen LogP contribution in [0.15, 0.2) is 30.3 Å². The zero-order valence-electron chi connectivity index (χ0n) is 16.3. The first-order valence-electron chi connectivity index (χ1n) is 8.70. The molecule has 0 saturated carbocycles. The van der Waals surface area contributed by atoms with Crippen LogP contribution in [0.2, 0.25) is 0 Å². The van der Waals surface area contributed by atoms with Crippen LogP contribution in [0.1, 0.15) is 39.0 Å². The number of amides is 2. The highest BCUT2D eigenvalue weighted by Gasteiger charge is 2.17. The number of carbonyl (C=O) groups excluding carboxylic acids is 3. The smallest absolute Gasteiger partial charge is 0.340 e. The number of aromatic nitrogens is 1. The highest BCUT2D eigenvalue weighted by molar-refractivity contribution is 5.97. The van der Waals surface area contributed by atoms with Gasteiger partial charge in [0.05, 0.1) is 5.56 Å². The number of rotatable bonds is 6. The van der Waals surface area contributed by atoms with Gasteiger partial charge in [0.1, 0.15) is 0 Å². The van der Waals surface area contributed by atoms with Crippen LogP contribution < -0.4 is 5.32 Å². The van der Waals surface area contributed by atoms with Crippen LogP contribution in [-0.2, 0) is 16.1 Å². The van der Waals surface area contributed by atoms with Crippen LogP contribution in [0.3, 0.4) is 0 Å². The summed E-state index contributed by atoms with van der Waals surface area (Å²) in [5.41, 5.74) is 3.31. The minimum Gasteiger partial charge on any atom is -0.452 e. The SMILES string of the molecule is CCn1c(C)cc(C(=O)OCC(=O)Nc2ccc(C(=O)N(C)C)cc2)c1C. The fourth-order valence-corrected chi connectivity index (χ4v) is 2.85. The van der Waals surface area contributed by atoms with Crippen LogP contribution in [0, 0.1) is 13.8 Å². The Morgan fingerprint density at radius 1 is 1.11 bits per heavy atom. The number of hydrogen-bond donors (Lipinski definition) is 1. The Labute approximate surface area is 158 Å². The quantitative estimate of drug-likeness (QED) is 0.792. The molecule has 0 unspecified atom stereocenters. The van der Waals surface area contributed by atoms with E-state index in [4.69, 9.17) is 4.74 Å². The number of nitrogens with one attached hydrogen (secondary N) is 1. The molecule has 0 atom stereocenters. The molecule has 144 valence electrons. The first kappa shape index (κ1) is 20.2. The summed E-state index contributed by atoms with van der Waals surface area (Å²) in [5.74, 6) is -1.09. The van der Waals surface area contributed by atoms with E-state index < -0.39 is 11.9 Å². The molecule has 1 N–H and O–H groups in total. The van der Waals surface area contributed by atoms with Gasteiger partial charge in [-0.25, -0.2) is 4.79 Å². The summed E-state index contributed by atoms with van der Waals surface area (Å²) in [7, 11) is 3.34. The molecule has 2 aromatic rings. The third kappa shape index (κ3) is 4.75. The largest absolute Gasteiger partial charge is 0.452 e. The standard InChI is InChI=1S/C20H25N3O4/c1-6-23-13(2)11-17(14(23)3)20(26)27-12-18(24)21-16-9-7-15(8-10-16)19(25)22(4)5/h7-11H,6,12H2,1-5H3,(H,21,24). The molecule has 1 aromatic carbocycles. The summed E-state index contributed by atoms with van der Waals surface area (Å²) >= 11 is 0. The maximum absolute atomic E-state index is 12.2. The van der Waals surface area contributed by atoms with E-state index in [0.29, 0.717) is 16.8 Å².